The molecular formula is C20H32N6. The number of hydrogen-bond acceptors (Lipinski definition) is 4. The van der Waals surface area contributed by atoms with E-state index in [0.717, 1.165) is 17.6 Å². The Hall–Kier alpha value is -1.69. The van der Waals surface area contributed by atoms with Gasteiger partial charge in [0, 0.05) is 25.4 Å². The zero-order chi connectivity index (χ0) is 17.8. The fraction of sp³-hybridized carbons (Fsp3) is 0.750. The first-order valence-corrected chi connectivity index (χ1v) is 10.4. The molecule has 0 aromatic carbocycles. The zero-order valence-electron chi connectivity index (χ0n) is 16.1. The maximum absolute atomic E-state index is 4.52. The molecule has 26 heavy (non-hydrogen) atoms. The summed E-state index contributed by atoms with van der Waals surface area (Å²) in [6.45, 7) is 4.40. The molecule has 6 heteroatoms. The minimum Gasteiger partial charge on any atom is -0.316 e. The number of piperidine rings is 1. The van der Waals surface area contributed by atoms with Gasteiger partial charge in [-0.05, 0) is 50.9 Å². The van der Waals surface area contributed by atoms with Gasteiger partial charge in [-0.15, -0.1) is 10.2 Å². The Labute approximate surface area is 156 Å². The van der Waals surface area contributed by atoms with Crippen molar-refractivity contribution in [1.29, 1.82) is 0 Å². The number of likely N-dealkylation sites (tertiary alicyclic amines) is 1. The van der Waals surface area contributed by atoms with Crippen LogP contribution in [0.5, 0.6) is 0 Å². The van der Waals surface area contributed by atoms with Crippen molar-refractivity contribution in [2.45, 2.75) is 63.8 Å². The first kappa shape index (κ1) is 17.7. The minimum absolute atomic E-state index is 0.546. The Morgan fingerprint density at radius 3 is 2.58 bits per heavy atom. The molecule has 0 spiro atoms. The van der Waals surface area contributed by atoms with E-state index in [1.54, 1.807) is 6.20 Å². The monoisotopic (exact) mass is 356 g/mol. The van der Waals surface area contributed by atoms with Gasteiger partial charge in [0.25, 0.3) is 0 Å². The standard InChI is InChI=1S/C20H32N6/c1-24-19(16-26-12-5-11-21-26)22-23-20(24)18-9-14-25(15-10-18)13-8-17-6-3-2-4-7-17/h5,11-12,17-18H,2-4,6-10,13-16H2,1H3. The summed E-state index contributed by atoms with van der Waals surface area (Å²) in [5, 5.41) is 13.2. The van der Waals surface area contributed by atoms with E-state index in [0.29, 0.717) is 12.5 Å². The topological polar surface area (TPSA) is 51.8 Å². The third-order valence-electron chi connectivity index (χ3n) is 6.39. The second-order valence-electron chi connectivity index (χ2n) is 8.15. The van der Waals surface area contributed by atoms with Crippen LogP contribution in [0.25, 0.3) is 0 Å². The molecule has 0 radical (unpaired) electrons. The van der Waals surface area contributed by atoms with Crippen molar-refractivity contribution >= 4 is 0 Å². The third kappa shape index (κ3) is 4.17. The Morgan fingerprint density at radius 2 is 1.85 bits per heavy atom. The van der Waals surface area contributed by atoms with Gasteiger partial charge < -0.3 is 9.47 Å². The molecule has 2 fully saturated rings. The van der Waals surface area contributed by atoms with Crippen molar-refractivity contribution in [1.82, 2.24) is 29.4 Å². The van der Waals surface area contributed by atoms with Crippen molar-refractivity contribution in [2.75, 3.05) is 19.6 Å². The van der Waals surface area contributed by atoms with E-state index in [9.17, 15) is 0 Å². The van der Waals surface area contributed by atoms with E-state index >= 15 is 0 Å². The van der Waals surface area contributed by atoms with Crippen LogP contribution >= 0.6 is 0 Å². The van der Waals surface area contributed by atoms with E-state index in [1.165, 1.54) is 71.0 Å². The van der Waals surface area contributed by atoms with E-state index in [-0.39, 0.29) is 0 Å². The molecule has 1 saturated heterocycles. The van der Waals surface area contributed by atoms with Crippen LogP contribution in [0.15, 0.2) is 18.5 Å². The van der Waals surface area contributed by atoms with E-state index < -0.39 is 0 Å². The van der Waals surface area contributed by atoms with E-state index in [1.807, 2.05) is 16.9 Å². The summed E-state index contributed by atoms with van der Waals surface area (Å²) in [4.78, 5) is 2.67. The summed E-state index contributed by atoms with van der Waals surface area (Å²) in [5.74, 6) is 3.68. The number of nitrogens with zero attached hydrogens (tertiary/aromatic N) is 6. The predicted molar refractivity (Wildman–Crippen MR) is 102 cm³/mol. The van der Waals surface area contributed by atoms with Crippen molar-refractivity contribution < 1.29 is 0 Å². The molecule has 3 heterocycles. The Kier molecular flexibility index (Phi) is 5.68. The van der Waals surface area contributed by atoms with Gasteiger partial charge in [-0.1, -0.05) is 32.1 Å². The molecule has 0 amide bonds. The summed E-state index contributed by atoms with van der Waals surface area (Å²) in [7, 11) is 2.10. The quantitative estimate of drug-likeness (QED) is 0.797. The lowest BCUT2D eigenvalue weighted by atomic mass is 9.86. The van der Waals surface area contributed by atoms with Gasteiger partial charge in [-0.2, -0.15) is 5.10 Å². The smallest absolute Gasteiger partial charge is 0.154 e. The number of aromatic nitrogens is 5. The van der Waals surface area contributed by atoms with Gasteiger partial charge in [0.15, 0.2) is 5.82 Å². The highest BCUT2D eigenvalue weighted by Gasteiger charge is 2.25. The first-order chi connectivity index (χ1) is 12.8. The Bertz CT molecular complexity index is 663. The first-order valence-electron chi connectivity index (χ1n) is 10.4. The summed E-state index contributed by atoms with van der Waals surface area (Å²) >= 11 is 0. The van der Waals surface area contributed by atoms with Crippen molar-refractivity contribution in [3.8, 4) is 0 Å². The van der Waals surface area contributed by atoms with Crippen molar-refractivity contribution in [2.24, 2.45) is 13.0 Å². The molecule has 1 aliphatic heterocycles. The van der Waals surface area contributed by atoms with Crippen LogP contribution in [0.1, 0.15) is 68.9 Å². The summed E-state index contributed by atoms with van der Waals surface area (Å²) in [6.07, 6.45) is 14.9. The molecule has 2 aromatic heterocycles. The Balaban J connectivity index is 1.27. The van der Waals surface area contributed by atoms with Gasteiger partial charge in [-0.3, -0.25) is 4.68 Å². The summed E-state index contributed by atoms with van der Waals surface area (Å²) in [6, 6.07) is 1.94. The van der Waals surface area contributed by atoms with Crippen LogP contribution in [-0.4, -0.2) is 49.1 Å². The van der Waals surface area contributed by atoms with Gasteiger partial charge in [0.1, 0.15) is 12.4 Å². The van der Waals surface area contributed by atoms with E-state index in [4.69, 9.17) is 0 Å². The molecule has 6 nitrogen and oxygen atoms in total. The number of hydrogen-bond donors (Lipinski definition) is 0. The zero-order valence-corrected chi connectivity index (χ0v) is 16.1. The number of rotatable bonds is 6. The molecule has 4 rings (SSSR count). The largest absolute Gasteiger partial charge is 0.316 e. The highest BCUT2D eigenvalue weighted by Crippen LogP contribution is 2.29. The van der Waals surface area contributed by atoms with Crippen LogP contribution < -0.4 is 0 Å². The predicted octanol–water partition coefficient (Wildman–Crippen LogP) is 3.21. The van der Waals surface area contributed by atoms with Crippen LogP contribution in [0, 0.1) is 5.92 Å². The molecule has 142 valence electrons. The van der Waals surface area contributed by atoms with Gasteiger partial charge in [0.2, 0.25) is 0 Å². The van der Waals surface area contributed by atoms with Crippen molar-refractivity contribution in [3.05, 3.63) is 30.1 Å². The van der Waals surface area contributed by atoms with Crippen LogP contribution in [0.4, 0.5) is 0 Å². The lowest BCUT2D eigenvalue weighted by Crippen LogP contribution is -2.35. The lowest BCUT2D eigenvalue weighted by molar-refractivity contribution is 0.186. The average Bonchev–Trinajstić information content (AvgIpc) is 3.32. The molecule has 1 aliphatic carbocycles. The average molecular weight is 357 g/mol. The van der Waals surface area contributed by atoms with Crippen LogP contribution in [-0.2, 0) is 13.6 Å². The normalized spacial score (nSPS) is 20.7. The molecule has 0 atom stereocenters. The lowest BCUT2D eigenvalue weighted by Gasteiger charge is -2.33. The molecule has 0 bridgehead atoms. The maximum Gasteiger partial charge on any atom is 0.154 e. The van der Waals surface area contributed by atoms with E-state index in [2.05, 4.69) is 31.8 Å². The minimum atomic E-state index is 0.546. The molecule has 2 aliphatic rings. The third-order valence-corrected chi connectivity index (χ3v) is 6.39. The van der Waals surface area contributed by atoms with Gasteiger partial charge in [0.05, 0.1) is 0 Å². The summed E-state index contributed by atoms with van der Waals surface area (Å²) in [5.41, 5.74) is 0. The molecule has 1 saturated carbocycles. The van der Waals surface area contributed by atoms with Gasteiger partial charge in [-0.25, -0.2) is 0 Å². The van der Waals surface area contributed by atoms with Crippen LogP contribution in [0.2, 0.25) is 0 Å². The fourth-order valence-corrected chi connectivity index (χ4v) is 4.66. The molecule has 0 unspecified atom stereocenters. The van der Waals surface area contributed by atoms with Crippen molar-refractivity contribution in [3.63, 3.8) is 0 Å². The van der Waals surface area contributed by atoms with Crippen LogP contribution in [0.3, 0.4) is 0 Å². The molecule has 0 N–H and O–H groups in total. The molecular weight excluding hydrogens is 324 g/mol. The Morgan fingerprint density at radius 1 is 1.04 bits per heavy atom. The maximum atomic E-state index is 4.52. The second-order valence-corrected chi connectivity index (χ2v) is 8.15. The fourth-order valence-electron chi connectivity index (χ4n) is 4.66. The SMILES string of the molecule is Cn1c(Cn2cccn2)nnc1C1CCN(CCC2CCCCC2)CC1. The second kappa shape index (κ2) is 8.33. The summed E-state index contributed by atoms with van der Waals surface area (Å²) < 4.78 is 4.09. The molecule has 2 aromatic rings. The van der Waals surface area contributed by atoms with Gasteiger partial charge >= 0.3 is 0 Å². The highest BCUT2D eigenvalue weighted by atomic mass is 15.3. The highest BCUT2D eigenvalue weighted by molar-refractivity contribution is 5.04.